The Morgan fingerprint density at radius 1 is 1.03 bits per heavy atom. The third-order valence-electron chi connectivity index (χ3n) is 5.43. The summed E-state index contributed by atoms with van der Waals surface area (Å²) in [4.78, 5) is 38.9. The fraction of sp³-hybridized carbons (Fsp3) is 0.375. The van der Waals surface area contributed by atoms with Gasteiger partial charge in [0.05, 0.1) is 5.92 Å². The van der Waals surface area contributed by atoms with Gasteiger partial charge in [-0.05, 0) is 48.7 Å². The maximum atomic E-state index is 12.5. The molecule has 6 heteroatoms. The predicted octanol–water partition coefficient (Wildman–Crippen LogP) is 4.09. The highest BCUT2D eigenvalue weighted by molar-refractivity contribution is 6.05. The first-order valence-corrected chi connectivity index (χ1v) is 10.6. The van der Waals surface area contributed by atoms with Gasteiger partial charge >= 0.3 is 0 Å². The van der Waals surface area contributed by atoms with Crippen molar-refractivity contribution in [3.8, 4) is 0 Å². The van der Waals surface area contributed by atoms with Crippen LogP contribution in [0.1, 0.15) is 49.0 Å². The third-order valence-corrected chi connectivity index (χ3v) is 5.43. The number of carbonyl (C=O) groups is 3. The summed E-state index contributed by atoms with van der Waals surface area (Å²) >= 11 is 0. The lowest BCUT2D eigenvalue weighted by molar-refractivity contribution is -0.128. The zero-order valence-electron chi connectivity index (χ0n) is 17.6. The summed E-state index contributed by atoms with van der Waals surface area (Å²) in [6.07, 6.45) is 3.06. The van der Waals surface area contributed by atoms with E-state index in [2.05, 4.69) is 17.6 Å². The largest absolute Gasteiger partial charge is 0.342 e. The number of para-hydroxylation sites is 1. The van der Waals surface area contributed by atoms with Crippen LogP contribution in [0, 0.1) is 5.92 Å². The molecule has 2 aromatic carbocycles. The highest BCUT2D eigenvalue weighted by Crippen LogP contribution is 2.21. The Labute approximate surface area is 177 Å². The Balaban J connectivity index is 1.57. The SMILES string of the molecule is CCCCN1C[C@@H](C(=O)Nc2ccc(C(=O)Nc3ccccc3CC)cc2)CC1=O. The Hall–Kier alpha value is -3.15. The Kier molecular flexibility index (Phi) is 7.22. The molecule has 0 unspecified atom stereocenters. The summed E-state index contributed by atoms with van der Waals surface area (Å²) in [6.45, 7) is 5.31. The van der Waals surface area contributed by atoms with Crippen molar-refractivity contribution in [2.45, 2.75) is 39.5 Å². The van der Waals surface area contributed by atoms with E-state index in [-0.39, 0.29) is 30.1 Å². The van der Waals surface area contributed by atoms with Crippen molar-refractivity contribution >= 4 is 29.1 Å². The highest BCUT2D eigenvalue weighted by atomic mass is 16.2. The summed E-state index contributed by atoms with van der Waals surface area (Å²) in [6, 6.07) is 14.5. The molecule has 158 valence electrons. The summed E-state index contributed by atoms with van der Waals surface area (Å²) in [5, 5.41) is 5.81. The molecule has 1 saturated heterocycles. The normalized spacial score (nSPS) is 15.9. The number of likely N-dealkylation sites (tertiary alicyclic amines) is 1. The molecule has 1 aliphatic heterocycles. The maximum absolute atomic E-state index is 12.5. The summed E-state index contributed by atoms with van der Waals surface area (Å²) in [5.74, 6) is -0.635. The monoisotopic (exact) mass is 407 g/mol. The second-order valence-electron chi connectivity index (χ2n) is 7.63. The van der Waals surface area contributed by atoms with Crippen LogP contribution in [0.25, 0.3) is 0 Å². The number of rotatable bonds is 8. The average molecular weight is 408 g/mol. The van der Waals surface area contributed by atoms with Crippen molar-refractivity contribution in [1.29, 1.82) is 0 Å². The molecular formula is C24H29N3O3. The molecular weight excluding hydrogens is 378 g/mol. The molecule has 2 aromatic rings. The van der Waals surface area contributed by atoms with Crippen LogP contribution in [0.2, 0.25) is 0 Å². The fourth-order valence-corrected chi connectivity index (χ4v) is 3.61. The summed E-state index contributed by atoms with van der Waals surface area (Å²) in [5.41, 5.74) is 3.01. The lowest BCUT2D eigenvalue weighted by Crippen LogP contribution is -2.29. The second-order valence-corrected chi connectivity index (χ2v) is 7.63. The number of amides is 3. The predicted molar refractivity (Wildman–Crippen MR) is 118 cm³/mol. The number of nitrogens with zero attached hydrogens (tertiary/aromatic N) is 1. The van der Waals surface area contributed by atoms with Crippen molar-refractivity contribution in [2.75, 3.05) is 23.7 Å². The molecule has 3 rings (SSSR count). The van der Waals surface area contributed by atoms with E-state index in [1.807, 2.05) is 31.2 Å². The van der Waals surface area contributed by atoms with Crippen LogP contribution >= 0.6 is 0 Å². The van der Waals surface area contributed by atoms with E-state index in [0.717, 1.165) is 30.5 Å². The molecule has 6 nitrogen and oxygen atoms in total. The minimum absolute atomic E-state index is 0.0444. The summed E-state index contributed by atoms with van der Waals surface area (Å²) < 4.78 is 0. The van der Waals surface area contributed by atoms with Gasteiger partial charge in [0.1, 0.15) is 0 Å². The minimum atomic E-state index is -0.331. The third kappa shape index (κ3) is 5.26. The molecule has 1 atom stereocenters. The van der Waals surface area contributed by atoms with Crippen molar-refractivity contribution < 1.29 is 14.4 Å². The van der Waals surface area contributed by atoms with E-state index >= 15 is 0 Å². The molecule has 2 N–H and O–H groups in total. The standard InChI is InChI=1S/C24H29N3O3/c1-3-5-14-27-16-19(15-22(27)28)24(30)25-20-12-10-18(11-13-20)23(29)26-21-9-7-6-8-17(21)4-2/h6-13,19H,3-5,14-16H2,1-2H3,(H,25,30)(H,26,29)/t19-/m0/s1. The number of hydrogen-bond acceptors (Lipinski definition) is 3. The average Bonchev–Trinajstić information content (AvgIpc) is 3.13. The fourth-order valence-electron chi connectivity index (χ4n) is 3.61. The number of anilines is 2. The van der Waals surface area contributed by atoms with Crippen molar-refractivity contribution in [2.24, 2.45) is 5.92 Å². The zero-order chi connectivity index (χ0) is 21.5. The molecule has 1 heterocycles. The van der Waals surface area contributed by atoms with Gasteiger partial charge in [-0.3, -0.25) is 14.4 Å². The van der Waals surface area contributed by atoms with Gasteiger partial charge in [-0.15, -0.1) is 0 Å². The number of benzene rings is 2. The van der Waals surface area contributed by atoms with Crippen molar-refractivity contribution in [3.05, 3.63) is 59.7 Å². The Morgan fingerprint density at radius 3 is 2.47 bits per heavy atom. The number of unbranched alkanes of at least 4 members (excludes halogenated alkanes) is 1. The van der Waals surface area contributed by atoms with Gasteiger partial charge in [-0.25, -0.2) is 0 Å². The number of nitrogens with one attached hydrogen (secondary N) is 2. The Morgan fingerprint density at radius 2 is 1.77 bits per heavy atom. The second kappa shape index (κ2) is 10.1. The molecule has 1 fully saturated rings. The van der Waals surface area contributed by atoms with Crippen molar-refractivity contribution in [3.63, 3.8) is 0 Å². The number of carbonyl (C=O) groups excluding carboxylic acids is 3. The van der Waals surface area contributed by atoms with E-state index in [1.165, 1.54) is 0 Å². The summed E-state index contributed by atoms with van der Waals surface area (Å²) in [7, 11) is 0. The van der Waals surface area contributed by atoms with Gasteiger partial charge in [0.25, 0.3) is 5.91 Å². The van der Waals surface area contributed by atoms with Crippen LogP contribution in [-0.4, -0.2) is 35.7 Å². The quantitative estimate of drug-likeness (QED) is 0.692. The van der Waals surface area contributed by atoms with Gasteiger partial charge in [-0.1, -0.05) is 38.5 Å². The molecule has 0 spiro atoms. The van der Waals surface area contributed by atoms with Gasteiger partial charge < -0.3 is 15.5 Å². The molecule has 0 radical (unpaired) electrons. The van der Waals surface area contributed by atoms with Crippen LogP contribution in [0.15, 0.2) is 48.5 Å². The zero-order valence-corrected chi connectivity index (χ0v) is 17.6. The first-order valence-electron chi connectivity index (χ1n) is 10.6. The van der Waals surface area contributed by atoms with Crippen LogP contribution in [-0.2, 0) is 16.0 Å². The first-order chi connectivity index (χ1) is 14.5. The Bertz CT molecular complexity index is 908. The van der Waals surface area contributed by atoms with Crippen molar-refractivity contribution in [1.82, 2.24) is 4.90 Å². The molecule has 0 aromatic heterocycles. The topological polar surface area (TPSA) is 78.5 Å². The molecule has 3 amide bonds. The van der Waals surface area contributed by atoms with Crippen LogP contribution in [0.4, 0.5) is 11.4 Å². The first kappa shape index (κ1) is 21.6. The minimum Gasteiger partial charge on any atom is -0.342 e. The van der Waals surface area contributed by atoms with E-state index in [9.17, 15) is 14.4 Å². The maximum Gasteiger partial charge on any atom is 0.255 e. The van der Waals surface area contributed by atoms with E-state index in [4.69, 9.17) is 0 Å². The van der Waals surface area contributed by atoms with Gasteiger partial charge in [0.2, 0.25) is 11.8 Å². The molecule has 30 heavy (non-hydrogen) atoms. The van der Waals surface area contributed by atoms with Crippen LogP contribution < -0.4 is 10.6 Å². The van der Waals surface area contributed by atoms with Crippen LogP contribution in [0.5, 0.6) is 0 Å². The lowest BCUT2D eigenvalue weighted by atomic mass is 10.1. The van der Waals surface area contributed by atoms with E-state index in [0.29, 0.717) is 24.3 Å². The molecule has 0 aliphatic carbocycles. The number of aryl methyl sites for hydroxylation is 1. The molecule has 1 aliphatic rings. The van der Waals surface area contributed by atoms with E-state index < -0.39 is 0 Å². The van der Waals surface area contributed by atoms with Gasteiger partial charge in [-0.2, -0.15) is 0 Å². The van der Waals surface area contributed by atoms with Gasteiger partial charge in [0, 0.05) is 36.4 Å². The van der Waals surface area contributed by atoms with Crippen LogP contribution in [0.3, 0.4) is 0 Å². The highest BCUT2D eigenvalue weighted by Gasteiger charge is 2.33. The molecule has 0 saturated carbocycles. The molecule has 0 bridgehead atoms. The van der Waals surface area contributed by atoms with Gasteiger partial charge in [0.15, 0.2) is 0 Å². The van der Waals surface area contributed by atoms with E-state index in [1.54, 1.807) is 29.2 Å². The number of hydrogen-bond donors (Lipinski definition) is 2. The smallest absolute Gasteiger partial charge is 0.255 e. The lowest BCUT2D eigenvalue weighted by Gasteiger charge is -2.16.